The molecule has 0 atom stereocenters. The topological polar surface area (TPSA) is 56.5 Å². The van der Waals surface area contributed by atoms with Crippen LogP contribution in [0.2, 0.25) is 0 Å². The van der Waals surface area contributed by atoms with Crippen LogP contribution in [0, 0.1) is 30.1 Å². The van der Waals surface area contributed by atoms with Gasteiger partial charge in [0.15, 0.2) is 12.4 Å². The van der Waals surface area contributed by atoms with Gasteiger partial charge in [0.05, 0.1) is 0 Å². The van der Waals surface area contributed by atoms with E-state index in [0.29, 0.717) is 5.76 Å². The molecule has 0 N–H and O–H groups in total. The van der Waals surface area contributed by atoms with Crippen LogP contribution in [0.3, 0.4) is 0 Å². The fraction of sp³-hybridized carbons (Fsp3) is 0.600. The molecule has 0 aliphatic heterocycles. The normalized spacial score (nSPS) is 34.0. The van der Waals surface area contributed by atoms with Crippen molar-refractivity contribution in [3.8, 4) is 0 Å². The van der Waals surface area contributed by atoms with Gasteiger partial charge in [0.2, 0.25) is 0 Å². The Hall–Kier alpha value is -1.84. The van der Waals surface area contributed by atoms with E-state index in [1.54, 1.807) is 12.1 Å². The van der Waals surface area contributed by atoms with Crippen LogP contribution >= 0.6 is 0 Å². The van der Waals surface area contributed by atoms with E-state index in [9.17, 15) is 9.59 Å². The van der Waals surface area contributed by atoms with E-state index in [-0.39, 0.29) is 17.8 Å². The first-order chi connectivity index (χ1) is 11.5. The number of carbonyl (C=O) groups is 2. The number of furan rings is 1. The second-order valence-electron chi connectivity index (χ2n) is 8.01. The van der Waals surface area contributed by atoms with Crippen LogP contribution in [0.15, 0.2) is 22.6 Å². The smallest absolute Gasteiger partial charge is 0.331 e. The molecular formula is C20H24O4. The molecular weight excluding hydrogens is 304 g/mol. The average molecular weight is 328 g/mol. The number of rotatable bonds is 5. The molecule has 4 nitrogen and oxygen atoms in total. The summed E-state index contributed by atoms with van der Waals surface area (Å²) < 4.78 is 10.6. The van der Waals surface area contributed by atoms with Crippen LogP contribution in [0.25, 0.3) is 6.08 Å². The first kappa shape index (κ1) is 15.7. The Morgan fingerprint density at radius 3 is 2.33 bits per heavy atom. The maximum absolute atomic E-state index is 12.8. The lowest BCUT2D eigenvalue weighted by molar-refractivity contribution is -0.155. The second-order valence-corrected chi connectivity index (χ2v) is 8.01. The van der Waals surface area contributed by atoms with E-state index in [1.165, 1.54) is 25.3 Å². The molecule has 4 aliphatic carbocycles. The zero-order valence-corrected chi connectivity index (χ0v) is 14.1. The Bertz CT molecular complexity index is 646. The lowest BCUT2D eigenvalue weighted by atomic mass is 9.48. The van der Waals surface area contributed by atoms with Gasteiger partial charge in [0.25, 0.3) is 0 Å². The summed E-state index contributed by atoms with van der Waals surface area (Å²) in [7, 11) is 0. The summed E-state index contributed by atoms with van der Waals surface area (Å²) in [5, 5.41) is 0. The molecule has 0 amide bonds. The van der Waals surface area contributed by atoms with Crippen molar-refractivity contribution in [3.63, 3.8) is 0 Å². The average Bonchev–Trinajstić information content (AvgIpc) is 2.95. The molecule has 4 saturated carbocycles. The molecule has 0 unspecified atom stereocenters. The Morgan fingerprint density at radius 1 is 1.17 bits per heavy atom. The van der Waals surface area contributed by atoms with Crippen molar-refractivity contribution in [3.05, 3.63) is 29.7 Å². The van der Waals surface area contributed by atoms with Crippen LogP contribution in [0.4, 0.5) is 0 Å². The fourth-order valence-electron chi connectivity index (χ4n) is 5.48. The highest BCUT2D eigenvalue weighted by Crippen LogP contribution is 2.60. The number of ether oxygens (including phenoxy) is 1. The lowest BCUT2D eigenvalue weighted by Gasteiger charge is -2.55. The number of aryl methyl sites for hydroxylation is 1. The SMILES string of the molecule is Cc1ccc(C=CC(=O)OCC(=O)C23CC4CC(CC(C4)C2)C3)o1. The quantitative estimate of drug-likeness (QED) is 0.607. The minimum Gasteiger partial charge on any atom is -0.462 e. The summed E-state index contributed by atoms with van der Waals surface area (Å²) in [6.45, 7) is 1.76. The number of esters is 1. The van der Waals surface area contributed by atoms with Gasteiger partial charge in [0.1, 0.15) is 11.5 Å². The third kappa shape index (κ3) is 2.94. The van der Waals surface area contributed by atoms with Crippen molar-refractivity contribution in [2.45, 2.75) is 45.4 Å². The van der Waals surface area contributed by atoms with Crippen LogP contribution in [0.5, 0.6) is 0 Å². The zero-order valence-electron chi connectivity index (χ0n) is 14.1. The molecule has 0 saturated heterocycles. The zero-order chi connectivity index (χ0) is 16.7. The number of Topliss-reactive ketones (excluding diaryl/α,β-unsaturated/α-hetero) is 1. The molecule has 1 aromatic rings. The number of hydrogen-bond acceptors (Lipinski definition) is 4. The molecule has 4 aliphatic rings. The summed E-state index contributed by atoms with van der Waals surface area (Å²) in [5.41, 5.74) is -0.198. The van der Waals surface area contributed by atoms with Gasteiger partial charge in [-0.3, -0.25) is 4.79 Å². The van der Waals surface area contributed by atoms with Gasteiger partial charge in [-0.25, -0.2) is 4.79 Å². The predicted molar refractivity (Wildman–Crippen MR) is 89.1 cm³/mol. The van der Waals surface area contributed by atoms with Gasteiger partial charge >= 0.3 is 5.97 Å². The van der Waals surface area contributed by atoms with Crippen molar-refractivity contribution in [2.24, 2.45) is 23.2 Å². The van der Waals surface area contributed by atoms with Crippen LogP contribution in [0.1, 0.15) is 50.0 Å². The van der Waals surface area contributed by atoms with Crippen LogP contribution in [-0.2, 0) is 14.3 Å². The molecule has 24 heavy (non-hydrogen) atoms. The van der Waals surface area contributed by atoms with Gasteiger partial charge in [-0.15, -0.1) is 0 Å². The lowest BCUT2D eigenvalue weighted by Crippen LogP contribution is -2.51. The highest BCUT2D eigenvalue weighted by Gasteiger charge is 2.54. The summed E-state index contributed by atoms with van der Waals surface area (Å²) in [6, 6.07) is 3.63. The molecule has 0 spiro atoms. The predicted octanol–water partition coefficient (Wildman–Crippen LogP) is 3.93. The number of carbonyl (C=O) groups excluding carboxylic acids is 2. The van der Waals surface area contributed by atoms with Crippen LogP contribution in [-0.4, -0.2) is 18.4 Å². The molecule has 5 rings (SSSR count). The van der Waals surface area contributed by atoms with E-state index in [0.717, 1.165) is 42.8 Å². The minimum atomic E-state index is -0.484. The first-order valence-electron chi connectivity index (χ1n) is 8.97. The highest BCUT2D eigenvalue weighted by molar-refractivity contribution is 5.91. The monoisotopic (exact) mass is 328 g/mol. The number of ketones is 1. The second kappa shape index (κ2) is 5.91. The van der Waals surface area contributed by atoms with E-state index in [1.807, 2.05) is 13.0 Å². The standard InChI is InChI=1S/C20H24O4/c1-13-2-3-17(24-13)4-5-19(22)23-12-18(21)20-9-14-6-15(10-20)8-16(7-14)11-20/h2-5,14-16H,6-12H2,1H3. The van der Waals surface area contributed by atoms with Crippen LogP contribution < -0.4 is 0 Å². The molecule has 0 radical (unpaired) electrons. The Kier molecular flexibility index (Phi) is 3.86. The maximum Gasteiger partial charge on any atom is 0.331 e. The molecule has 4 fully saturated rings. The van der Waals surface area contributed by atoms with Crippen molar-refractivity contribution in [2.75, 3.05) is 6.61 Å². The van der Waals surface area contributed by atoms with E-state index < -0.39 is 5.97 Å². The molecule has 4 bridgehead atoms. The third-order valence-corrected chi connectivity index (χ3v) is 6.12. The largest absolute Gasteiger partial charge is 0.462 e. The Labute approximate surface area is 142 Å². The molecule has 1 aromatic heterocycles. The molecule has 128 valence electrons. The maximum atomic E-state index is 12.8. The first-order valence-corrected chi connectivity index (χ1v) is 8.97. The molecule has 1 heterocycles. The van der Waals surface area contributed by atoms with E-state index in [4.69, 9.17) is 9.15 Å². The number of hydrogen-bond donors (Lipinski definition) is 0. The van der Waals surface area contributed by atoms with Gasteiger partial charge in [-0.1, -0.05) is 0 Å². The van der Waals surface area contributed by atoms with E-state index in [2.05, 4.69) is 0 Å². The Morgan fingerprint density at radius 2 is 1.79 bits per heavy atom. The summed E-state index contributed by atoms with van der Waals surface area (Å²) in [6.07, 6.45) is 9.84. The Balaban J connectivity index is 1.33. The molecule has 0 aromatic carbocycles. The van der Waals surface area contributed by atoms with Gasteiger partial charge in [0, 0.05) is 11.5 Å². The van der Waals surface area contributed by atoms with Gasteiger partial charge in [-0.2, -0.15) is 0 Å². The van der Waals surface area contributed by atoms with E-state index >= 15 is 0 Å². The van der Waals surface area contributed by atoms with Crippen molar-refractivity contribution in [1.29, 1.82) is 0 Å². The van der Waals surface area contributed by atoms with Crippen molar-refractivity contribution in [1.82, 2.24) is 0 Å². The van der Waals surface area contributed by atoms with Gasteiger partial charge < -0.3 is 9.15 Å². The summed E-state index contributed by atoms with van der Waals surface area (Å²) >= 11 is 0. The van der Waals surface area contributed by atoms with Crippen molar-refractivity contribution >= 4 is 17.8 Å². The minimum absolute atomic E-state index is 0.0908. The third-order valence-electron chi connectivity index (χ3n) is 6.12. The highest BCUT2D eigenvalue weighted by atomic mass is 16.5. The summed E-state index contributed by atoms with van der Waals surface area (Å²) in [5.74, 6) is 3.21. The molecule has 4 heteroatoms. The summed E-state index contributed by atoms with van der Waals surface area (Å²) in [4.78, 5) is 24.6. The van der Waals surface area contributed by atoms with Crippen molar-refractivity contribution < 1.29 is 18.7 Å². The fourth-order valence-corrected chi connectivity index (χ4v) is 5.48. The van der Waals surface area contributed by atoms with Gasteiger partial charge in [-0.05, 0) is 81.4 Å².